The van der Waals surface area contributed by atoms with Crippen LogP contribution in [0.1, 0.15) is 27.0 Å². The third-order valence-electron chi connectivity index (χ3n) is 5.07. The Balaban J connectivity index is 1.27. The molecule has 3 aromatic rings. The fourth-order valence-electron chi connectivity index (χ4n) is 3.45. The maximum atomic E-state index is 12.5. The maximum Gasteiger partial charge on any atom is 0.322 e. The Kier molecular flexibility index (Phi) is 5.56. The minimum Gasteiger partial charge on any atom is -0.352 e. The molecule has 29 heavy (non-hydrogen) atoms. The van der Waals surface area contributed by atoms with E-state index >= 15 is 0 Å². The molecule has 5 heteroatoms. The second kappa shape index (κ2) is 8.61. The van der Waals surface area contributed by atoms with Gasteiger partial charge in [-0.2, -0.15) is 0 Å². The van der Waals surface area contributed by atoms with E-state index < -0.39 is 0 Å². The van der Waals surface area contributed by atoms with Crippen molar-refractivity contribution in [3.05, 3.63) is 101 Å². The van der Waals surface area contributed by atoms with Crippen molar-refractivity contribution in [2.24, 2.45) is 0 Å². The highest BCUT2D eigenvalue weighted by Crippen LogP contribution is 2.23. The lowest BCUT2D eigenvalue weighted by Gasteiger charge is -2.16. The number of hydrogen-bond acceptors (Lipinski definition) is 2. The van der Waals surface area contributed by atoms with Crippen molar-refractivity contribution in [2.75, 3.05) is 11.9 Å². The van der Waals surface area contributed by atoms with Crippen LogP contribution in [-0.2, 0) is 19.5 Å². The summed E-state index contributed by atoms with van der Waals surface area (Å²) in [6.45, 7) is 1.81. The summed E-state index contributed by atoms with van der Waals surface area (Å²) in [6, 6.07) is 25.0. The van der Waals surface area contributed by atoms with Crippen molar-refractivity contribution in [2.45, 2.75) is 19.5 Å². The van der Waals surface area contributed by atoms with Crippen LogP contribution in [0.25, 0.3) is 0 Å². The fourth-order valence-corrected chi connectivity index (χ4v) is 3.45. The van der Waals surface area contributed by atoms with Gasteiger partial charge in [0.05, 0.1) is 0 Å². The summed E-state index contributed by atoms with van der Waals surface area (Å²) in [6.07, 6.45) is 0.791. The Morgan fingerprint density at radius 1 is 0.793 bits per heavy atom. The molecule has 0 aliphatic carbocycles. The lowest BCUT2D eigenvalue weighted by molar-refractivity contribution is 0.0954. The molecule has 1 aliphatic rings. The highest BCUT2D eigenvalue weighted by atomic mass is 16.2. The van der Waals surface area contributed by atoms with Crippen LogP contribution in [0.3, 0.4) is 0 Å². The van der Waals surface area contributed by atoms with Gasteiger partial charge in [-0.3, -0.25) is 4.79 Å². The minimum absolute atomic E-state index is 0.117. The first-order chi connectivity index (χ1) is 14.2. The number of hydrogen-bond donors (Lipinski definition) is 2. The number of fused-ring (bicyclic) bond motifs is 1. The Morgan fingerprint density at radius 3 is 2.07 bits per heavy atom. The fraction of sp³-hybridized carbons (Fsp3) is 0.167. The number of carbonyl (C=O) groups is 2. The summed E-state index contributed by atoms with van der Waals surface area (Å²) in [7, 11) is 0. The zero-order valence-electron chi connectivity index (χ0n) is 16.1. The molecule has 4 rings (SSSR count). The minimum atomic E-state index is -0.138. The molecule has 0 fully saturated rings. The Labute approximate surface area is 170 Å². The van der Waals surface area contributed by atoms with Crippen molar-refractivity contribution >= 4 is 17.6 Å². The molecule has 3 amide bonds. The number of anilines is 1. The molecule has 0 bridgehead atoms. The molecule has 5 nitrogen and oxygen atoms in total. The molecule has 0 saturated carbocycles. The van der Waals surface area contributed by atoms with Gasteiger partial charge in [-0.15, -0.1) is 0 Å². The second-order valence-electron chi connectivity index (χ2n) is 7.12. The van der Waals surface area contributed by atoms with Gasteiger partial charge in [0.1, 0.15) is 0 Å². The molecule has 0 unspecified atom stereocenters. The van der Waals surface area contributed by atoms with E-state index in [9.17, 15) is 9.59 Å². The van der Waals surface area contributed by atoms with E-state index in [1.807, 2.05) is 54.6 Å². The van der Waals surface area contributed by atoms with E-state index in [4.69, 9.17) is 0 Å². The number of urea groups is 1. The number of nitrogens with zero attached hydrogens (tertiary/aromatic N) is 1. The zero-order valence-corrected chi connectivity index (χ0v) is 16.1. The monoisotopic (exact) mass is 385 g/mol. The maximum absolute atomic E-state index is 12.5. The molecule has 1 heterocycles. The van der Waals surface area contributed by atoms with Crippen molar-refractivity contribution in [1.82, 2.24) is 10.2 Å². The quantitative estimate of drug-likeness (QED) is 0.691. The van der Waals surface area contributed by atoms with E-state index in [0.29, 0.717) is 30.9 Å². The van der Waals surface area contributed by atoms with Crippen molar-refractivity contribution in [3.63, 3.8) is 0 Å². The average molecular weight is 385 g/mol. The molecule has 0 spiro atoms. The smallest absolute Gasteiger partial charge is 0.322 e. The van der Waals surface area contributed by atoms with Crippen molar-refractivity contribution < 1.29 is 9.59 Å². The van der Waals surface area contributed by atoms with Gasteiger partial charge < -0.3 is 15.5 Å². The van der Waals surface area contributed by atoms with Gasteiger partial charge in [0.15, 0.2) is 0 Å². The predicted molar refractivity (Wildman–Crippen MR) is 114 cm³/mol. The van der Waals surface area contributed by atoms with E-state index in [2.05, 4.69) is 10.6 Å². The van der Waals surface area contributed by atoms with Crippen LogP contribution in [0.4, 0.5) is 10.5 Å². The van der Waals surface area contributed by atoms with Gasteiger partial charge in [0, 0.05) is 30.9 Å². The Hall–Kier alpha value is -3.60. The van der Waals surface area contributed by atoms with Crippen LogP contribution in [0.15, 0.2) is 78.9 Å². The van der Waals surface area contributed by atoms with Crippen molar-refractivity contribution in [3.8, 4) is 0 Å². The summed E-state index contributed by atoms with van der Waals surface area (Å²) in [4.78, 5) is 26.6. The summed E-state index contributed by atoms with van der Waals surface area (Å²) < 4.78 is 0. The molecular formula is C24H23N3O2. The predicted octanol–water partition coefficient (Wildman–Crippen LogP) is 4.21. The van der Waals surface area contributed by atoms with E-state index in [1.165, 1.54) is 16.7 Å². The topological polar surface area (TPSA) is 61.4 Å². The molecule has 0 radical (unpaired) electrons. The standard InChI is InChI=1S/C24H23N3O2/c28-23(25-15-14-18-6-2-1-3-7-18)19-10-12-22(13-11-19)26-24(29)27-16-20-8-4-5-9-21(20)17-27/h1-13H,14-17H2,(H,25,28)(H,26,29). The number of benzene rings is 3. The van der Waals surface area contributed by atoms with Gasteiger partial charge in [-0.1, -0.05) is 54.6 Å². The zero-order chi connectivity index (χ0) is 20.1. The van der Waals surface area contributed by atoms with Crippen LogP contribution >= 0.6 is 0 Å². The Bertz CT molecular complexity index is 975. The average Bonchev–Trinajstić information content (AvgIpc) is 3.19. The number of nitrogens with one attached hydrogen (secondary N) is 2. The normalized spacial score (nSPS) is 12.3. The lowest BCUT2D eigenvalue weighted by atomic mass is 10.1. The van der Waals surface area contributed by atoms with Crippen LogP contribution in [0.2, 0.25) is 0 Å². The summed E-state index contributed by atoms with van der Waals surface area (Å²) >= 11 is 0. The van der Waals surface area contributed by atoms with Crippen LogP contribution < -0.4 is 10.6 Å². The lowest BCUT2D eigenvalue weighted by Crippen LogP contribution is -2.30. The van der Waals surface area contributed by atoms with Gasteiger partial charge >= 0.3 is 6.03 Å². The Morgan fingerprint density at radius 2 is 1.41 bits per heavy atom. The molecule has 0 saturated heterocycles. The molecule has 1 aliphatic heterocycles. The van der Waals surface area contributed by atoms with Crippen LogP contribution in [0, 0.1) is 0 Å². The van der Waals surface area contributed by atoms with Crippen LogP contribution in [0.5, 0.6) is 0 Å². The molecule has 146 valence electrons. The number of amides is 3. The van der Waals surface area contributed by atoms with Gasteiger partial charge in [0.25, 0.3) is 5.91 Å². The van der Waals surface area contributed by atoms with E-state index in [-0.39, 0.29) is 11.9 Å². The van der Waals surface area contributed by atoms with E-state index in [1.54, 1.807) is 29.2 Å². The number of rotatable bonds is 5. The SMILES string of the molecule is O=C(NCCc1ccccc1)c1ccc(NC(=O)N2Cc3ccccc3C2)cc1. The molecular weight excluding hydrogens is 362 g/mol. The summed E-state index contributed by atoms with van der Waals surface area (Å²) in [5.41, 5.74) is 4.81. The van der Waals surface area contributed by atoms with Crippen molar-refractivity contribution in [1.29, 1.82) is 0 Å². The van der Waals surface area contributed by atoms with E-state index in [0.717, 1.165) is 6.42 Å². The van der Waals surface area contributed by atoms with Gasteiger partial charge in [-0.25, -0.2) is 4.79 Å². The third-order valence-corrected chi connectivity index (χ3v) is 5.07. The largest absolute Gasteiger partial charge is 0.352 e. The number of carbonyl (C=O) groups excluding carboxylic acids is 2. The highest BCUT2D eigenvalue weighted by molar-refractivity contribution is 5.95. The first kappa shape index (κ1) is 18.7. The van der Waals surface area contributed by atoms with Crippen LogP contribution in [-0.4, -0.2) is 23.4 Å². The summed E-state index contributed by atoms with van der Waals surface area (Å²) in [5, 5.41) is 5.83. The highest BCUT2D eigenvalue weighted by Gasteiger charge is 2.22. The second-order valence-corrected chi connectivity index (χ2v) is 7.12. The summed E-state index contributed by atoms with van der Waals surface area (Å²) in [5.74, 6) is -0.117. The molecule has 0 atom stereocenters. The molecule has 0 aromatic heterocycles. The molecule has 2 N–H and O–H groups in total. The van der Waals surface area contributed by atoms with Gasteiger partial charge in [0.2, 0.25) is 0 Å². The first-order valence-corrected chi connectivity index (χ1v) is 9.74. The molecule has 3 aromatic carbocycles. The van der Waals surface area contributed by atoms with Gasteiger partial charge in [-0.05, 0) is 47.4 Å². The first-order valence-electron chi connectivity index (χ1n) is 9.74. The third kappa shape index (κ3) is 4.63.